The number of hydrogen-bond acceptors (Lipinski definition) is 2. The monoisotopic (exact) mass is 267 g/mol. The average Bonchev–Trinajstić information content (AvgIpc) is 2.34. The van der Waals surface area contributed by atoms with E-state index < -0.39 is 8.03 Å². The van der Waals surface area contributed by atoms with E-state index >= 15 is 0 Å². The molecule has 0 bridgehead atoms. The molecule has 4 heteroatoms. The van der Waals surface area contributed by atoms with Crippen LogP contribution in [-0.2, 0) is 4.57 Å². The van der Waals surface area contributed by atoms with Gasteiger partial charge in [-0.25, -0.2) is 4.52 Å². The van der Waals surface area contributed by atoms with Crippen LogP contribution in [0.4, 0.5) is 0 Å². The summed E-state index contributed by atoms with van der Waals surface area (Å²) in [5.74, 6) is 0.727. The van der Waals surface area contributed by atoms with Gasteiger partial charge >= 0.3 is 26.9 Å². The first kappa shape index (κ1) is 16.0. The third-order valence-corrected chi connectivity index (χ3v) is 3.81. The van der Waals surface area contributed by atoms with Gasteiger partial charge in [-0.15, -0.1) is 0 Å². The van der Waals surface area contributed by atoms with Gasteiger partial charge in [0, 0.05) is 0 Å². The molecule has 0 N–H and O–H groups in total. The van der Waals surface area contributed by atoms with Crippen molar-refractivity contribution < 1.29 is 29.4 Å². The average molecular weight is 267 g/mol. The van der Waals surface area contributed by atoms with Gasteiger partial charge in [0.25, 0.3) is 0 Å². The van der Waals surface area contributed by atoms with Crippen LogP contribution >= 0.6 is 8.03 Å². The van der Waals surface area contributed by atoms with E-state index in [0.29, 0.717) is 5.30 Å². The summed E-state index contributed by atoms with van der Waals surface area (Å²) in [7, 11) is -1.84. The van der Waals surface area contributed by atoms with Gasteiger partial charge in [-0.3, -0.25) is 0 Å². The van der Waals surface area contributed by atoms with Crippen molar-refractivity contribution in [2.75, 3.05) is 0 Å². The van der Waals surface area contributed by atoms with Crippen LogP contribution in [0.15, 0.2) is 42.5 Å². The Morgan fingerprint density at radius 3 is 2.05 bits per heavy atom. The molecule has 1 atom stereocenters. The first-order valence-corrected chi connectivity index (χ1v) is 7.04. The second kappa shape index (κ2) is 6.92. The van der Waals surface area contributed by atoms with Crippen molar-refractivity contribution >= 4 is 13.3 Å². The van der Waals surface area contributed by atoms with Crippen molar-refractivity contribution in [2.24, 2.45) is 0 Å². The second-order valence-corrected chi connectivity index (χ2v) is 5.62. The summed E-state index contributed by atoms with van der Waals surface area (Å²) in [5.41, 5.74) is 3.23. The molecule has 0 spiro atoms. The number of hydrogen-bond donors (Lipinski definition) is 0. The molecule has 0 saturated heterocycles. The Labute approximate surface area is 128 Å². The predicted molar refractivity (Wildman–Crippen MR) is 76.1 cm³/mol. The molecule has 0 heterocycles. The summed E-state index contributed by atoms with van der Waals surface area (Å²) in [4.78, 5) is 0. The Balaban J connectivity index is 0.00000180. The SMILES string of the molecule is Cc1cc(C)c(O[P+](=O)c2ccccc2)c(C)c1.[H-].[Li+]. The summed E-state index contributed by atoms with van der Waals surface area (Å²) in [6.07, 6.45) is 0. The second-order valence-electron chi connectivity index (χ2n) is 4.41. The molecular weight excluding hydrogens is 250 g/mol. The van der Waals surface area contributed by atoms with Crippen molar-refractivity contribution in [2.45, 2.75) is 20.8 Å². The van der Waals surface area contributed by atoms with E-state index in [-0.39, 0.29) is 20.3 Å². The number of benzene rings is 2. The van der Waals surface area contributed by atoms with E-state index in [0.717, 1.165) is 16.9 Å². The van der Waals surface area contributed by atoms with Crippen LogP contribution in [0.5, 0.6) is 5.75 Å². The maximum Gasteiger partial charge on any atom is 1.00 e. The molecule has 2 rings (SSSR count). The van der Waals surface area contributed by atoms with Crippen molar-refractivity contribution in [3.63, 3.8) is 0 Å². The van der Waals surface area contributed by atoms with Gasteiger partial charge in [-0.1, -0.05) is 35.9 Å². The molecule has 1 unspecified atom stereocenters. The Morgan fingerprint density at radius 2 is 1.53 bits per heavy atom. The van der Waals surface area contributed by atoms with Gasteiger partial charge in [-0.2, -0.15) is 0 Å². The van der Waals surface area contributed by atoms with Crippen LogP contribution in [0.2, 0.25) is 0 Å². The third-order valence-electron chi connectivity index (χ3n) is 2.75. The van der Waals surface area contributed by atoms with E-state index in [1.807, 2.05) is 63.2 Å². The zero-order chi connectivity index (χ0) is 13.1. The zero-order valence-electron chi connectivity index (χ0n) is 12.8. The number of aryl methyl sites for hydroxylation is 3. The van der Waals surface area contributed by atoms with Crippen molar-refractivity contribution in [1.29, 1.82) is 0 Å². The first-order chi connectivity index (χ1) is 8.58. The molecular formula is C15H17LiO2P+. The fourth-order valence-corrected chi connectivity index (χ4v) is 2.97. The maximum atomic E-state index is 12.1. The molecule has 0 aliphatic rings. The van der Waals surface area contributed by atoms with Crippen molar-refractivity contribution in [3.8, 4) is 5.75 Å². The quantitative estimate of drug-likeness (QED) is 0.616. The third kappa shape index (κ3) is 3.95. The molecule has 0 aliphatic heterocycles. The van der Waals surface area contributed by atoms with Crippen LogP contribution in [0.25, 0.3) is 0 Å². The summed E-state index contributed by atoms with van der Waals surface area (Å²) in [6.45, 7) is 5.99. The molecule has 2 nitrogen and oxygen atoms in total. The molecule has 0 aliphatic carbocycles. The Hall–Kier alpha value is -1.06. The predicted octanol–water partition coefficient (Wildman–Crippen LogP) is 1.18. The summed E-state index contributed by atoms with van der Waals surface area (Å²) < 4.78 is 17.8. The zero-order valence-corrected chi connectivity index (χ0v) is 12.7. The fourth-order valence-electron chi connectivity index (χ4n) is 2.00. The van der Waals surface area contributed by atoms with E-state index in [4.69, 9.17) is 4.52 Å². The smallest absolute Gasteiger partial charge is 1.00 e. The van der Waals surface area contributed by atoms with Crippen LogP contribution in [0.3, 0.4) is 0 Å². The van der Waals surface area contributed by atoms with E-state index in [1.54, 1.807) is 0 Å². The molecule has 0 fully saturated rings. The van der Waals surface area contributed by atoms with Gasteiger partial charge in [0.15, 0.2) is 5.75 Å². The minimum Gasteiger partial charge on any atom is -1.00 e. The van der Waals surface area contributed by atoms with Gasteiger partial charge in [-0.05, 0) is 48.6 Å². The van der Waals surface area contributed by atoms with Crippen molar-refractivity contribution in [3.05, 3.63) is 59.2 Å². The topological polar surface area (TPSA) is 26.3 Å². The Kier molecular flexibility index (Phi) is 5.82. The number of rotatable bonds is 3. The summed E-state index contributed by atoms with van der Waals surface area (Å²) in [5, 5.41) is 0.715. The summed E-state index contributed by atoms with van der Waals surface area (Å²) >= 11 is 0. The normalized spacial score (nSPS) is 10.6. The van der Waals surface area contributed by atoms with Crippen LogP contribution in [0, 0.1) is 20.8 Å². The molecule has 2 aromatic carbocycles. The summed E-state index contributed by atoms with van der Waals surface area (Å²) in [6, 6.07) is 13.3. The molecule has 0 radical (unpaired) electrons. The van der Waals surface area contributed by atoms with Gasteiger partial charge in [0.1, 0.15) is 0 Å². The van der Waals surface area contributed by atoms with Crippen LogP contribution in [0.1, 0.15) is 18.1 Å². The molecule has 19 heavy (non-hydrogen) atoms. The molecule has 0 aromatic heterocycles. The minimum atomic E-state index is -1.84. The molecule has 94 valence electrons. The largest absolute Gasteiger partial charge is 1.00 e. The van der Waals surface area contributed by atoms with Gasteiger partial charge in [0.05, 0.1) is 0 Å². The van der Waals surface area contributed by atoms with Gasteiger partial charge in [0.2, 0.25) is 5.30 Å². The maximum absolute atomic E-state index is 12.1. The standard InChI is InChI=1S/C15H16O2P.Li.H/c1-11-9-12(2)15(13(3)10-11)17-18(16)14-7-5-4-6-8-14;;/h4-10H,1-3H3;;/q2*+1;-1. The first-order valence-electron chi connectivity index (χ1n) is 5.86. The minimum absolute atomic E-state index is 0. The molecule has 0 amide bonds. The van der Waals surface area contributed by atoms with E-state index in [9.17, 15) is 4.57 Å². The molecule has 2 aromatic rings. The van der Waals surface area contributed by atoms with Crippen LogP contribution < -0.4 is 28.7 Å². The Morgan fingerprint density at radius 1 is 1.00 bits per heavy atom. The Bertz CT molecular complexity index is 565. The van der Waals surface area contributed by atoms with Crippen LogP contribution in [-0.4, -0.2) is 0 Å². The fraction of sp³-hybridized carbons (Fsp3) is 0.200. The van der Waals surface area contributed by atoms with E-state index in [2.05, 4.69) is 0 Å². The van der Waals surface area contributed by atoms with E-state index in [1.165, 1.54) is 5.56 Å². The van der Waals surface area contributed by atoms with Crippen molar-refractivity contribution in [1.82, 2.24) is 0 Å². The molecule has 0 saturated carbocycles. The van der Waals surface area contributed by atoms with Gasteiger partial charge < -0.3 is 1.43 Å².